The highest BCUT2D eigenvalue weighted by molar-refractivity contribution is 7.21. The molecule has 1 fully saturated rings. The van der Waals surface area contributed by atoms with Crippen LogP contribution in [0.4, 0.5) is 14.5 Å². The summed E-state index contributed by atoms with van der Waals surface area (Å²) in [4.78, 5) is 17.2. The molecule has 7 heteroatoms. The normalized spacial score (nSPS) is 14.6. The average molecular weight is 388 g/mol. The van der Waals surface area contributed by atoms with Gasteiger partial charge in [-0.15, -0.1) is 11.3 Å². The summed E-state index contributed by atoms with van der Waals surface area (Å²) in [7, 11) is 1.49. The first kappa shape index (κ1) is 17.7. The Bertz CT molecular complexity index is 997. The Morgan fingerprint density at radius 2 is 1.81 bits per heavy atom. The largest absolute Gasteiger partial charge is 0.494 e. The third kappa shape index (κ3) is 3.23. The molecule has 0 saturated carbocycles. The topological polar surface area (TPSA) is 32.8 Å². The minimum atomic E-state index is -0.365. The molecule has 0 radical (unpaired) electrons. The number of ether oxygens (including phenoxy) is 1. The first-order chi connectivity index (χ1) is 13.1. The molecule has 2 aromatic carbocycles. The summed E-state index contributed by atoms with van der Waals surface area (Å²) in [5, 5.41) is 0.607. The first-order valence-electron chi connectivity index (χ1n) is 8.63. The zero-order chi connectivity index (χ0) is 19.0. The molecule has 0 aliphatic carbocycles. The molecule has 4 nitrogen and oxygen atoms in total. The number of carbonyl (C=O) groups excluding carboxylic acids is 1. The maximum Gasteiger partial charge on any atom is 0.267 e. The van der Waals surface area contributed by atoms with E-state index in [2.05, 4.69) is 0 Å². The number of hydrogen-bond acceptors (Lipinski definition) is 4. The molecule has 0 bridgehead atoms. The maximum atomic E-state index is 14.0. The number of fused-ring (bicyclic) bond motifs is 1. The van der Waals surface area contributed by atoms with E-state index in [0.717, 1.165) is 4.70 Å². The van der Waals surface area contributed by atoms with Gasteiger partial charge in [0.15, 0.2) is 0 Å². The van der Waals surface area contributed by atoms with Crippen molar-refractivity contribution < 1.29 is 18.3 Å². The highest BCUT2D eigenvalue weighted by atomic mass is 32.1. The summed E-state index contributed by atoms with van der Waals surface area (Å²) in [6, 6.07) is 11.1. The Kier molecular flexibility index (Phi) is 4.70. The van der Waals surface area contributed by atoms with Gasteiger partial charge in [-0.3, -0.25) is 4.79 Å². The predicted molar refractivity (Wildman–Crippen MR) is 103 cm³/mol. The monoisotopic (exact) mass is 388 g/mol. The van der Waals surface area contributed by atoms with Gasteiger partial charge in [0.2, 0.25) is 0 Å². The van der Waals surface area contributed by atoms with E-state index in [1.807, 2.05) is 4.90 Å². The van der Waals surface area contributed by atoms with Gasteiger partial charge in [0.25, 0.3) is 5.91 Å². The van der Waals surface area contributed by atoms with E-state index in [-0.39, 0.29) is 17.5 Å². The SMILES string of the molecule is COc1c(C(=O)N2CCN(c3ccccc3F)CC2)sc2ccc(F)cc12. The zero-order valence-electron chi connectivity index (χ0n) is 14.7. The van der Waals surface area contributed by atoms with Crippen LogP contribution in [0.3, 0.4) is 0 Å². The summed E-state index contributed by atoms with van der Waals surface area (Å²) in [6.45, 7) is 2.07. The lowest BCUT2D eigenvalue weighted by molar-refractivity contribution is 0.0748. The van der Waals surface area contributed by atoms with Crippen LogP contribution in [0.5, 0.6) is 5.75 Å². The number of halogens is 2. The first-order valence-corrected chi connectivity index (χ1v) is 9.45. The minimum absolute atomic E-state index is 0.137. The van der Waals surface area contributed by atoms with Gasteiger partial charge in [-0.05, 0) is 30.3 Å². The van der Waals surface area contributed by atoms with Gasteiger partial charge in [-0.1, -0.05) is 12.1 Å². The van der Waals surface area contributed by atoms with Crippen molar-refractivity contribution in [2.24, 2.45) is 0 Å². The molecule has 1 aliphatic heterocycles. The highest BCUT2D eigenvalue weighted by Gasteiger charge is 2.28. The van der Waals surface area contributed by atoms with E-state index in [4.69, 9.17) is 4.74 Å². The van der Waals surface area contributed by atoms with Gasteiger partial charge in [0, 0.05) is 36.3 Å². The standard InChI is InChI=1S/C20H18F2N2O2S/c1-26-18-14-12-13(21)6-7-17(14)27-19(18)20(25)24-10-8-23(9-11-24)16-5-3-2-4-15(16)22/h2-7,12H,8-11H2,1H3. The molecule has 0 atom stereocenters. The second-order valence-electron chi connectivity index (χ2n) is 6.34. The lowest BCUT2D eigenvalue weighted by atomic mass is 10.2. The van der Waals surface area contributed by atoms with Crippen LogP contribution in [0.1, 0.15) is 9.67 Å². The van der Waals surface area contributed by atoms with E-state index in [9.17, 15) is 13.6 Å². The number of rotatable bonds is 3. The number of amides is 1. The van der Waals surface area contributed by atoms with E-state index in [1.165, 1.54) is 36.6 Å². The van der Waals surface area contributed by atoms with Gasteiger partial charge in [-0.25, -0.2) is 8.78 Å². The molecule has 1 aliphatic rings. The molecular formula is C20H18F2N2O2S. The number of nitrogens with zero attached hydrogens (tertiary/aromatic N) is 2. The van der Waals surface area contributed by atoms with Crippen molar-refractivity contribution in [1.82, 2.24) is 4.90 Å². The van der Waals surface area contributed by atoms with Crippen molar-refractivity contribution in [3.8, 4) is 5.75 Å². The fourth-order valence-corrected chi connectivity index (χ4v) is 4.51. The summed E-state index contributed by atoms with van der Waals surface area (Å²) >= 11 is 1.30. The molecule has 1 saturated heterocycles. The van der Waals surface area contributed by atoms with Crippen molar-refractivity contribution in [3.63, 3.8) is 0 Å². The highest BCUT2D eigenvalue weighted by Crippen LogP contribution is 2.39. The van der Waals surface area contributed by atoms with Crippen LogP contribution >= 0.6 is 11.3 Å². The van der Waals surface area contributed by atoms with Crippen molar-refractivity contribution >= 4 is 33.0 Å². The van der Waals surface area contributed by atoms with Crippen molar-refractivity contribution in [2.75, 3.05) is 38.2 Å². The lowest BCUT2D eigenvalue weighted by Gasteiger charge is -2.36. The van der Waals surface area contributed by atoms with Crippen LogP contribution in [0, 0.1) is 11.6 Å². The van der Waals surface area contributed by atoms with Crippen LogP contribution < -0.4 is 9.64 Å². The number of thiophene rings is 1. The number of hydrogen-bond donors (Lipinski definition) is 0. The third-order valence-electron chi connectivity index (χ3n) is 4.76. The Balaban J connectivity index is 1.55. The van der Waals surface area contributed by atoms with Gasteiger partial charge in [-0.2, -0.15) is 0 Å². The Hall–Kier alpha value is -2.67. The van der Waals surface area contributed by atoms with E-state index < -0.39 is 0 Å². The molecule has 1 amide bonds. The van der Waals surface area contributed by atoms with E-state index in [0.29, 0.717) is 47.9 Å². The summed E-state index contributed by atoms with van der Waals surface area (Å²) < 4.78 is 33.8. The number of methoxy groups -OCH3 is 1. The fourth-order valence-electron chi connectivity index (χ4n) is 3.39. The quantitative estimate of drug-likeness (QED) is 0.676. The molecular weight excluding hydrogens is 370 g/mol. The second kappa shape index (κ2) is 7.15. The van der Waals surface area contributed by atoms with Gasteiger partial charge < -0.3 is 14.5 Å². The summed E-state index contributed by atoms with van der Waals surface area (Å²) in [5.74, 6) is -0.348. The fraction of sp³-hybridized carbons (Fsp3) is 0.250. The molecule has 140 valence electrons. The summed E-state index contributed by atoms with van der Waals surface area (Å²) in [5.41, 5.74) is 0.555. The third-order valence-corrected chi connectivity index (χ3v) is 5.90. The molecule has 2 heterocycles. The number of piperazine rings is 1. The number of carbonyl (C=O) groups is 1. The van der Waals surface area contributed by atoms with Crippen LogP contribution in [0.2, 0.25) is 0 Å². The maximum absolute atomic E-state index is 14.0. The molecule has 4 rings (SSSR count). The molecule has 1 aromatic heterocycles. The molecule has 27 heavy (non-hydrogen) atoms. The Morgan fingerprint density at radius 1 is 1.07 bits per heavy atom. The predicted octanol–water partition coefficient (Wildman–Crippen LogP) is 4.15. The van der Waals surface area contributed by atoms with Crippen molar-refractivity contribution in [2.45, 2.75) is 0 Å². The minimum Gasteiger partial charge on any atom is -0.494 e. The van der Waals surface area contributed by atoms with Gasteiger partial charge in [0.1, 0.15) is 22.3 Å². The molecule has 0 spiro atoms. The average Bonchev–Trinajstić information content (AvgIpc) is 3.05. The molecule has 3 aromatic rings. The second-order valence-corrected chi connectivity index (χ2v) is 7.39. The van der Waals surface area contributed by atoms with Gasteiger partial charge >= 0.3 is 0 Å². The van der Waals surface area contributed by atoms with E-state index in [1.54, 1.807) is 29.2 Å². The number of para-hydroxylation sites is 1. The Morgan fingerprint density at radius 3 is 2.52 bits per heavy atom. The zero-order valence-corrected chi connectivity index (χ0v) is 15.6. The van der Waals surface area contributed by atoms with Crippen molar-refractivity contribution in [3.05, 3.63) is 59.0 Å². The van der Waals surface area contributed by atoms with Crippen molar-refractivity contribution in [1.29, 1.82) is 0 Å². The number of benzene rings is 2. The van der Waals surface area contributed by atoms with E-state index >= 15 is 0 Å². The van der Waals surface area contributed by atoms with Gasteiger partial charge in [0.05, 0.1) is 12.8 Å². The Labute approximate surface area is 159 Å². The number of anilines is 1. The van der Waals surface area contributed by atoms with Crippen LogP contribution in [0.15, 0.2) is 42.5 Å². The van der Waals surface area contributed by atoms with Crippen LogP contribution in [0.25, 0.3) is 10.1 Å². The molecule has 0 N–H and O–H groups in total. The van der Waals surface area contributed by atoms with Crippen LogP contribution in [-0.4, -0.2) is 44.1 Å². The lowest BCUT2D eigenvalue weighted by Crippen LogP contribution is -2.48. The van der Waals surface area contributed by atoms with Crippen LogP contribution in [-0.2, 0) is 0 Å². The molecule has 0 unspecified atom stereocenters. The smallest absolute Gasteiger partial charge is 0.267 e. The summed E-state index contributed by atoms with van der Waals surface area (Å²) in [6.07, 6.45) is 0.